The average Bonchev–Trinajstić information content (AvgIpc) is 3.24. The first-order chi connectivity index (χ1) is 20.1. The molecule has 3 aromatic rings. The molecule has 5 rings (SSSR count). The lowest BCUT2D eigenvalue weighted by molar-refractivity contribution is -0.384. The van der Waals surface area contributed by atoms with E-state index in [2.05, 4.69) is 5.32 Å². The third kappa shape index (κ3) is 5.71. The summed E-state index contributed by atoms with van der Waals surface area (Å²) in [5, 5.41) is 13.5. The number of hydrogen-bond acceptors (Lipinski definition) is 8. The highest BCUT2D eigenvalue weighted by Gasteiger charge is 2.48. The molecule has 0 saturated carbocycles. The Labute approximate surface area is 239 Å². The van der Waals surface area contributed by atoms with Gasteiger partial charge in [0.2, 0.25) is 11.8 Å². The highest BCUT2D eigenvalue weighted by molar-refractivity contribution is 6.22. The van der Waals surface area contributed by atoms with Crippen molar-refractivity contribution in [3.8, 4) is 0 Å². The van der Waals surface area contributed by atoms with Crippen LogP contribution in [0.2, 0.25) is 0 Å². The van der Waals surface area contributed by atoms with E-state index >= 15 is 0 Å². The number of ether oxygens (including phenoxy) is 1. The number of benzene rings is 3. The van der Waals surface area contributed by atoms with E-state index in [4.69, 9.17) is 4.74 Å². The molecule has 2 atom stereocenters. The number of fused-ring (bicyclic) bond motifs is 1. The molecule has 3 aromatic carbocycles. The standard InChI is InChI=1S/C31H25N3O8/c1-18-5-14-25-26(15-18)30(38)33(29(25)37)24-4-2-3-21(16-24)28(36)32-22-10-6-20(7-11-22)31(39)42-17-27(35)19-8-12-23(13-9-19)34(40)41/h2-13,16,25-26H,14-15,17H2,1H3,(H,32,36)/t25-,26-/m0/s1. The molecule has 0 spiro atoms. The van der Waals surface area contributed by atoms with Crippen LogP contribution in [0.15, 0.2) is 84.4 Å². The van der Waals surface area contributed by atoms with Gasteiger partial charge in [-0.3, -0.25) is 34.2 Å². The molecule has 1 fully saturated rings. The van der Waals surface area contributed by atoms with Gasteiger partial charge in [0.05, 0.1) is 28.0 Å². The molecule has 1 N–H and O–H groups in total. The van der Waals surface area contributed by atoms with Crippen LogP contribution in [-0.4, -0.2) is 41.0 Å². The Bertz CT molecular complexity index is 1640. The molecule has 0 aromatic heterocycles. The average molecular weight is 568 g/mol. The van der Waals surface area contributed by atoms with Gasteiger partial charge in [0, 0.05) is 28.9 Å². The first-order valence-corrected chi connectivity index (χ1v) is 13.1. The lowest BCUT2D eigenvalue weighted by Crippen LogP contribution is -2.31. The molecule has 0 unspecified atom stereocenters. The van der Waals surface area contributed by atoms with Crippen molar-refractivity contribution in [3.05, 3.63) is 111 Å². The fourth-order valence-electron chi connectivity index (χ4n) is 5.04. The Morgan fingerprint density at radius 3 is 2.29 bits per heavy atom. The number of carbonyl (C=O) groups excluding carboxylic acids is 5. The number of rotatable bonds is 8. The molecule has 11 nitrogen and oxygen atoms in total. The first-order valence-electron chi connectivity index (χ1n) is 13.1. The van der Waals surface area contributed by atoms with Crippen LogP contribution < -0.4 is 10.2 Å². The van der Waals surface area contributed by atoms with Crippen LogP contribution in [0.25, 0.3) is 0 Å². The van der Waals surface area contributed by atoms with Gasteiger partial charge in [-0.1, -0.05) is 17.7 Å². The van der Waals surface area contributed by atoms with E-state index in [-0.39, 0.29) is 46.0 Å². The van der Waals surface area contributed by atoms with Gasteiger partial charge < -0.3 is 10.1 Å². The molecule has 1 aliphatic carbocycles. The van der Waals surface area contributed by atoms with Crippen molar-refractivity contribution in [2.75, 3.05) is 16.8 Å². The van der Waals surface area contributed by atoms with Gasteiger partial charge in [-0.05, 0) is 74.4 Å². The number of Topliss-reactive ketones (excluding diaryl/α,β-unsaturated/α-hetero) is 1. The van der Waals surface area contributed by atoms with Crippen molar-refractivity contribution in [2.45, 2.75) is 19.8 Å². The largest absolute Gasteiger partial charge is 0.454 e. The molecule has 1 aliphatic heterocycles. The minimum Gasteiger partial charge on any atom is -0.454 e. The fourth-order valence-corrected chi connectivity index (χ4v) is 5.04. The summed E-state index contributed by atoms with van der Waals surface area (Å²) in [7, 11) is 0. The van der Waals surface area contributed by atoms with E-state index in [9.17, 15) is 34.1 Å². The molecule has 212 valence electrons. The molecule has 42 heavy (non-hydrogen) atoms. The zero-order valence-electron chi connectivity index (χ0n) is 22.4. The zero-order chi connectivity index (χ0) is 30.0. The van der Waals surface area contributed by atoms with Crippen molar-refractivity contribution in [3.63, 3.8) is 0 Å². The normalized spacial score (nSPS) is 17.7. The van der Waals surface area contributed by atoms with Crippen LogP contribution in [0, 0.1) is 22.0 Å². The summed E-state index contributed by atoms with van der Waals surface area (Å²) in [5.74, 6) is -3.05. The Morgan fingerprint density at radius 1 is 0.929 bits per heavy atom. The van der Waals surface area contributed by atoms with Crippen molar-refractivity contribution >= 4 is 46.5 Å². The number of nitrogens with zero attached hydrogens (tertiary/aromatic N) is 2. The van der Waals surface area contributed by atoms with Crippen LogP contribution in [0.3, 0.4) is 0 Å². The molecule has 1 saturated heterocycles. The minimum atomic E-state index is -0.762. The first kappa shape index (κ1) is 28.1. The van der Waals surface area contributed by atoms with Gasteiger partial charge in [-0.15, -0.1) is 0 Å². The molecule has 1 heterocycles. The van der Waals surface area contributed by atoms with E-state index in [1.807, 2.05) is 13.0 Å². The molecule has 3 amide bonds. The minimum absolute atomic E-state index is 0.142. The Hall–Kier alpha value is -5.45. The lowest BCUT2D eigenvalue weighted by Gasteiger charge is -2.18. The number of non-ortho nitro benzene ring substituents is 1. The zero-order valence-corrected chi connectivity index (χ0v) is 22.4. The monoisotopic (exact) mass is 567 g/mol. The topological polar surface area (TPSA) is 153 Å². The van der Waals surface area contributed by atoms with Crippen LogP contribution >= 0.6 is 0 Å². The smallest absolute Gasteiger partial charge is 0.338 e. The van der Waals surface area contributed by atoms with E-state index in [1.54, 1.807) is 18.2 Å². The Morgan fingerprint density at radius 2 is 1.60 bits per heavy atom. The number of nitro benzene ring substituents is 1. The maximum Gasteiger partial charge on any atom is 0.338 e. The predicted molar refractivity (Wildman–Crippen MR) is 151 cm³/mol. The maximum atomic E-state index is 13.0. The number of nitrogens with one attached hydrogen (secondary N) is 1. The van der Waals surface area contributed by atoms with Crippen LogP contribution in [0.4, 0.5) is 17.1 Å². The van der Waals surface area contributed by atoms with Crippen LogP contribution in [0.1, 0.15) is 50.8 Å². The number of amides is 3. The van der Waals surface area contributed by atoms with Crippen molar-refractivity contribution in [1.82, 2.24) is 0 Å². The number of ketones is 1. The number of anilines is 2. The quantitative estimate of drug-likeness (QED) is 0.102. The molecule has 2 aliphatic rings. The Kier molecular flexibility index (Phi) is 7.74. The second-order valence-electron chi connectivity index (χ2n) is 10.1. The van der Waals surface area contributed by atoms with Crippen molar-refractivity contribution < 1.29 is 33.6 Å². The van der Waals surface area contributed by atoms with Gasteiger partial charge in [0.1, 0.15) is 0 Å². The highest BCUT2D eigenvalue weighted by atomic mass is 16.6. The summed E-state index contributed by atoms with van der Waals surface area (Å²) in [5.41, 5.74) is 2.19. The van der Waals surface area contributed by atoms with Gasteiger partial charge in [-0.2, -0.15) is 0 Å². The number of imide groups is 1. The van der Waals surface area contributed by atoms with Crippen LogP contribution in [-0.2, 0) is 14.3 Å². The summed E-state index contributed by atoms with van der Waals surface area (Å²) in [6.45, 7) is 1.40. The van der Waals surface area contributed by atoms with Gasteiger partial charge in [-0.25, -0.2) is 4.79 Å². The van der Waals surface area contributed by atoms with Crippen molar-refractivity contribution in [1.29, 1.82) is 0 Å². The molecular weight excluding hydrogens is 542 g/mol. The second-order valence-corrected chi connectivity index (χ2v) is 10.1. The lowest BCUT2D eigenvalue weighted by atomic mass is 9.82. The molecule has 0 radical (unpaired) electrons. The summed E-state index contributed by atoms with van der Waals surface area (Å²) < 4.78 is 5.06. The van der Waals surface area contributed by atoms with E-state index in [0.717, 1.165) is 5.57 Å². The summed E-state index contributed by atoms with van der Waals surface area (Å²) in [6.07, 6.45) is 3.06. The Balaban J connectivity index is 1.18. The summed E-state index contributed by atoms with van der Waals surface area (Å²) >= 11 is 0. The summed E-state index contributed by atoms with van der Waals surface area (Å²) in [6, 6.07) is 17.1. The van der Waals surface area contributed by atoms with E-state index in [0.29, 0.717) is 24.2 Å². The third-order valence-electron chi connectivity index (χ3n) is 7.30. The van der Waals surface area contributed by atoms with Gasteiger partial charge >= 0.3 is 5.97 Å². The molecule has 0 bridgehead atoms. The van der Waals surface area contributed by atoms with Gasteiger partial charge in [0.25, 0.3) is 11.6 Å². The second kappa shape index (κ2) is 11.6. The number of esters is 1. The number of carbonyl (C=O) groups is 5. The van der Waals surface area contributed by atoms with Gasteiger partial charge in [0.15, 0.2) is 12.4 Å². The number of allylic oxidation sites excluding steroid dienone is 2. The summed E-state index contributed by atoms with van der Waals surface area (Å²) in [4.78, 5) is 75.0. The van der Waals surface area contributed by atoms with Crippen molar-refractivity contribution in [2.24, 2.45) is 11.8 Å². The predicted octanol–water partition coefficient (Wildman–Crippen LogP) is 4.73. The van der Waals surface area contributed by atoms with E-state index < -0.39 is 29.2 Å². The SMILES string of the molecule is CC1=CC[C@@H]2C(=O)N(c3cccc(C(=O)Nc4ccc(C(=O)OCC(=O)c5ccc([N+](=O)[O-])cc5)cc4)c3)C(=O)[C@H]2C1. The highest BCUT2D eigenvalue weighted by Crippen LogP contribution is 2.39. The fraction of sp³-hybridized carbons (Fsp3) is 0.194. The maximum absolute atomic E-state index is 13.0. The van der Waals surface area contributed by atoms with Crippen LogP contribution in [0.5, 0.6) is 0 Å². The number of nitro groups is 1. The number of hydrogen-bond donors (Lipinski definition) is 1. The molecule has 11 heteroatoms. The van der Waals surface area contributed by atoms with E-state index in [1.165, 1.54) is 59.5 Å². The third-order valence-corrected chi connectivity index (χ3v) is 7.30. The molecular formula is C31H25N3O8.